The van der Waals surface area contributed by atoms with Crippen molar-refractivity contribution in [3.05, 3.63) is 24.3 Å². The Bertz CT molecular complexity index is 540. The molecule has 0 aromatic heterocycles. The number of thiocarbonyl (C=S) groups is 1. The average molecular weight is 321 g/mol. The van der Waals surface area contributed by atoms with E-state index in [-0.39, 0.29) is 17.6 Å². The van der Waals surface area contributed by atoms with Crippen LogP contribution in [0.25, 0.3) is 0 Å². The third-order valence-corrected chi connectivity index (χ3v) is 4.10. The minimum absolute atomic E-state index is 0.0381. The first kappa shape index (κ1) is 16.5. The molecule has 3 N–H and O–H groups in total. The number of benzene rings is 1. The van der Waals surface area contributed by atoms with Crippen LogP contribution in [0.1, 0.15) is 26.7 Å². The molecule has 0 saturated carbocycles. The minimum atomic E-state index is -0.0438. The molecular weight excluding hydrogens is 298 g/mol. The zero-order valence-electron chi connectivity index (χ0n) is 13.0. The minimum Gasteiger partial charge on any atom is -0.506 e. The zero-order valence-corrected chi connectivity index (χ0v) is 13.8. The van der Waals surface area contributed by atoms with Gasteiger partial charge in [0.2, 0.25) is 5.91 Å². The first-order valence-corrected chi connectivity index (χ1v) is 8.02. The Kier molecular flexibility index (Phi) is 5.60. The summed E-state index contributed by atoms with van der Waals surface area (Å²) in [5, 5.41) is 16.5. The van der Waals surface area contributed by atoms with Crippen molar-refractivity contribution in [2.45, 2.75) is 32.7 Å². The molecule has 0 atom stereocenters. The van der Waals surface area contributed by atoms with Crippen LogP contribution >= 0.6 is 12.2 Å². The molecule has 1 aromatic carbocycles. The Morgan fingerprint density at radius 3 is 2.55 bits per heavy atom. The van der Waals surface area contributed by atoms with E-state index >= 15 is 0 Å². The number of phenols is 1. The number of phenolic OH excluding ortho intramolecular Hbond substituents is 1. The van der Waals surface area contributed by atoms with Gasteiger partial charge in [-0.2, -0.15) is 0 Å². The van der Waals surface area contributed by atoms with Crippen molar-refractivity contribution in [2.75, 3.05) is 18.4 Å². The van der Waals surface area contributed by atoms with E-state index in [4.69, 9.17) is 12.2 Å². The van der Waals surface area contributed by atoms with E-state index in [2.05, 4.69) is 29.4 Å². The summed E-state index contributed by atoms with van der Waals surface area (Å²) in [5.41, 5.74) is 0.465. The normalized spacial score (nSPS) is 15.7. The SMILES string of the molecule is CC(C)NC(=S)N1CCC(C(=O)Nc2ccccc2O)CC1. The molecule has 22 heavy (non-hydrogen) atoms. The molecule has 1 aliphatic heterocycles. The van der Waals surface area contributed by atoms with Gasteiger partial charge in [0.05, 0.1) is 5.69 Å². The molecule has 1 aromatic rings. The Hall–Kier alpha value is -1.82. The highest BCUT2D eigenvalue weighted by molar-refractivity contribution is 7.80. The second kappa shape index (κ2) is 7.45. The number of para-hydroxylation sites is 2. The van der Waals surface area contributed by atoms with Crippen LogP contribution in [0.2, 0.25) is 0 Å². The Morgan fingerprint density at radius 1 is 1.32 bits per heavy atom. The van der Waals surface area contributed by atoms with Crippen molar-refractivity contribution in [3.8, 4) is 5.75 Å². The fourth-order valence-electron chi connectivity index (χ4n) is 2.50. The molecule has 2 rings (SSSR count). The van der Waals surface area contributed by atoms with E-state index in [1.54, 1.807) is 24.3 Å². The highest BCUT2D eigenvalue weighted by atomic mass is 32.1. The molecule has 5 nitrogen and oxygen atoms in total. The molecule has 1 amide bonds. The van der Waals surface area contributed by atoms with Gasteiger partial charge in [-0.05, 0) is 51.0 Å². The maximum Gasteiger partial charge on any atom is 0.227 e. The molecule has 6 heteroatoms. The van der Waals surface area contributed by atoms with Crippen molar-refractivity contribution < 1.29 is 9.90 Å². The summed E-state index contributed by atoms with van der Waals surface area (Å²) < 4.78 is 0. The summed E-state index contributed by atoms with van der Waals surface area (Å²) in [6.45, 7) is 5.66. The molecule has 1 aliphatic rings. The van der Waals surface area contributed by atoms with Crippen molar-refractivity contribution in [1.29, 1.82) is 0 Å². The molecule has 0 unspecified atom stereocenters. The van der Waals surface area contributed by atoms with Crippen LogP contribution in [0.4, 0.5) is 5.69 Å². The van der Waals surface area contributed by atoms with E-state index in [0.717, 1.165) is 31.0 Å². The van der Waals surface area contributed by atoms with Crippen molar-refractivity contribution >= 4 is 28.9 Å². The molecule has 120 valence electrons. The van der Waals surface area contributed by atoms with Gasteiger partial charge in [0.1, 0.15) is 5.75 Å². The molecule has 0 aliphatic carbocycles. The number of rotatable bonds is 3. The van der Waals surface area contributed by atoms with Gasteiger partial charge in [-0.3, -0.25) is 4.79 Å². The zero-order chi connectivity index (χ0) is 16.1. The van der Waals surface area contributed by atoms with Crippen LogP contribution in [-0.2, 0) is 4.79 Å². The van der Waals surface area contributed by atoms with Gasteiger partial charge in [-0.1, -0.05) is 12.1 Å². The van der Waals surface area contributed by atoms with Gasteiger partial charge in [0.25, 0.3) is 0 Å². The van der Waals surface area contributed by atoms with Gasteiger partial charge in [0, 0.05) is 25.0 Å². The van der Waals surface area contributed by atoms with E-state index in [1.165, 1.54) is 0 Å². The fourth-order valence-corrected chi connectivity index (χ4v) is 2.92. The number of carbonyl (C=O) groups excluding carboxylic acids is 1. The smallest absolute Gasteiger partial charge is 0.227 e. The molecule has 1 fully saturated rings. The number of hydrogen-bond donors (Lipinski definition) is 3. The number of likely N-dealkylation sites (tertiary alicyclic amines) is 1. The third kappa shape index (κ3) is 4.34. The summed E-state index contributed by atoms with van der Waals surface area (Å²) in [7, 11) is 0. The summed E-state index contributed by atoms with van der Waals surface area (Å²) in [6, 6.07) is 7.09. The molecule has 1 saturated heterocycles. The first-order valence-electron chi connectivity index (χ1n) is 7.61. The highest BCUT2D eigenvalue weighted by Crippen LogP contribution is 2.24. The lowest BCUT2D eigenvalue weighted by Gasteiger charge is -2.33. The number of anilines is 1. The number of hydrogen-bond acceptors (Lipinski definition) is 3. The van der Waals surface area contributed by atoms with Crippen LogP contribution in [0.5, 0.6) is 5.75 Å². The standard InChI is InChI=1S/C16H23N3O2S/c1-11(2)17-16(22)19-9-7-12(8-10-19)15(21)18-13-5-3-4-6-14(13)20/h3-6,11-12,20H,7-10H2,1-2H3,(H,17,22)(H,18,21). The van der Waals surface area contributed by atoms with Crippen molar-refractivity contribution in [3.63, 3.8) is 0 Å². The lowest BCUT2D eigenvalue weighted by Crippen LogP contribution is -2.47. The third-order valence-electron chi connectivity index (χ3n) is 3.73. The molecule has 1 heterocycles. The van der Waals surface area contributed by atoms with Crippen LogP contribution in [0.3, 0.4) is 0 Å². The second-order valence-corrected chi connectivity index (χ2v) is 6.26. The number of amides is 1. The monoisotopic (exact) mass is 321 g/mol. The summed E-state index contributed by atoms with van der Waals surface area (Å²) in [6.07, 6.45) is 1.53. The van der Waals surface area contributed by atoms with Gasteiger partial charge < -0.3 is 20.6 Å². The Balaban J connectivity index is 1.85. The maximum absolute atomic E-state index is 12.3. The second-order valence-electron chi connectivity index (χ2n) is 5.87. The topological polar surface area (TPSA) is 64.6 Å². The number of nitrogens with zero attached hydrogens (tertiary/aromatic N) is 1. The van der Waals surface area contributed by atoms with Gasteiger partial charge >= 0.3 is 0 Å². The predicted octanol–water partition coefficient (Wildman–Crippen LogP) is 2.33. The van der Waals surface area contributed by atoms with Gasteiger partial charge in [-0.25, -0.2) is 0 Å². The van der Waals surface area contributed by atoms with Crippen LogP contribution in [0.15, 0.2) is 24.3 Å². The molecule has 0 spiro atoms. The number of aromatic hydroxyl groups is 1. The highest BCUT2D eigenvalue weighted by Gasteiger charge is 2.26. The van der Waals surface area contributed by atoms with Gasteiger partial charge in [-0.15, -0.1) is 0 Å². The summed E-state index contributed by atoms with van der Waals surface area (Å²) >= 11 is 5.36. The predicted molar refractivity (Wildman–Crippen MR) is 91.9 cm³/mol. The lowest BCUT2D eigenvalue weighted by atomic mass is 9.96. The van der Waals surface area contributed by atoms with E-state index in [0.29, 0.717) is 11.7 Å². The maximum atomic E-state index is 12.3. The quantitative estimate of drug-likeness (QED) is 0.589. The largest absolute Gasteiger partial charge is 0.506 e. The first-order chi connectivity index (χ1) is 10.5. The fraction of sp³-hybridized carbons (Fsp3) is 0.500. The molecule has 0 bridgehead atoms. The van der Waals surface area contributed by atoms with E-state index in [1.807, 2.05) is 0 Å². The van der Waals surface area contributed by atoms with Crippen LogP contribution < -0.4 is 10.6 Å². The van der Waals surface area contributed by atoms with Crippen LogP contribution in [-0.4, -0.2) is 40.2 Å². The number of carbonyl (C=O) groups is 1. The summed E-state index contributed by atoms with van der Waals surface area (Å²) in [4.78, 5) is 14.4. The average Bonchev–Trinajstić information content (AvgIpc) is 2.49. The molecule has 0 radical (unpaired) electrons. The summed E-state index contributed by atoms with van der Waals surface area (Å²) in [5.74, 6) is 0.0113. The van der Waals surface area contributed by atoms with Crippen molar-refractivity contribution in [2.24, 2.45) is 5.92 Å². The van der Waals surface area contributed by atoms with Gasteiger partial charge in [0.15, 0.2) is 5.11 Å². The lowest BCUT2D eigenvalue weighted by molar-refractivity contribution is -0.121. The van der Waals surface area contributed by atoms with Crippen LogP contribution in [0, 0.1) is 5.92 Å². The van der Waals surface area contributed by atoms with E-state index < -0.39 is 0 Å². The molecular formula is C16H23N3O2S. The van der Waals surface area contributed by atoms with Crippen molar-refractivity contribution in [1.82, 2.24) is 10.2 Å². The number of nitrogens with one attached hydrogen (secondary N) is 2. The Labute approximate surface area is 136 Å². The van der Waals surface area contributed by atoms with E-state index in [9.17, 15) is 9.90 Å². The Morgan fingerprint density at radius 2 is 1.95 bits per heavy atom. The number of piperidine rings is 1.